The molecule has 0 spiro atoms. The monoisotopic (exact) mass is 775 g/mol. The predicted molar refractivity (Wildman–Crippen MR) is 228 cm³/mol. The summed E-state index contributed by atoms with van der Waals surface area (Å²) in [4.78, 5) is 25.2. The number of nitrogens with one attached hydrogen (secondary N) is 1. The van der Waals surface area contributed by atoms with Crippen LogP contribution < -0.4 is 10.2 Å². The molecule has 9 heteroatoms. The summed E-state index contributed by atoms with van der Waals surface area (Å²) in [6, 6.07) is -0.930. The molecule has 0 aliphatic rings. The van der Waals surface area contributed by atoms with E-state index in [4.69, 9.17) is 9.05 Å². The minimum atomic E-state index is -4.61. The Balaban J connectivity index is 4.63. The number of amides is 1. The van der Waals surface area contributed by atoms with Crippen molar-refractivity contribution < 1.29 is 32.9 Å². The molecule has 0 aliphatic heterocycles. The fourth-order valence-electron chi connectivity index (χ4n) is 5.29. The number of unbranched alkanes of at least 4 members (excludes halogenated alkanes) is 11. The van der Waals surface area contributed by atoms with Gasteiger partial charge in [0, 0.05) is 6.42 Å². The number of phosphoric acid groups is 1. The maximum atomic E-state index is 12.8. The molecule has 1 unspecified atom stereocenters. The highest BCUT2D eigenvalue weighted by atomic mass is 31.2. The standard InChI is InChI=1S/C45H79N2O6P/c1-6-8-10-12-14-16-18-20-21-22-23-24-25-27-29-31-33-35-37-39-45(49)46-43(42-53-54(50,51)52-41-40-47(3,4)5)44(48)38-36-34-32-30-28-26-19-17-15-13-11-9-7-2/h8,10,14,16,20-21,23-24,27,29,33,35-36,38,43-44,48H,6-7,9,11-13,15,17-19,22,25-26,28,30-32,34,37,39-42H2,1-5H3,(H-,46,49,50,51)/b10-8-,16-14-,21-20-,24-23-,29-27-,35-33-,38-36+/t43-,44+/m0/s1. The second-order valence-electron chi connectivity index (χ2n) is 15.0. The van der Waals surface area contributed by atoms with Gasteiger partial charge in [-0.05, 0) is 57.8 Å². The molecule has 2 N–H and O–H groups in total. The summed E-state index contributed by atoms with van der Waals surface area (Å²) in [5, 5.41) is 13.7. The van der Waals surface area contributed by atoms with Crippen molar-refractivity contribution in [2.45, 2.75) is 154 Å². The van der Waals surface area contributed by atoms with E-state index < -0.39 is 26.6 Å². The Labute approximate surface area is 331 Å². The van der Waals surface area contributed by atoms with Gasteiger partial charge in [0.1, 0.15) is 13.2 Å². The van der Waals surface area contributed by atoms with E-state index in [2.05, 4.69) is 79.9 Å². The molecule has 0 radical (unpaired) electrons. The summed E-state index contributed by atoms with van der Waals surface area (Å²) in [7, 11) is 1.20. The summed E-state index contributed by atoms with van der Waals surface area (Å²) in [5.41, 5.74) is 0. The first-order valence-corrected chi connectivity index (χ1v) is 22.4. The Morgan fingerprint density at radius 1 is 0.667 bits per heavy atom. The van der Waals surface area contributed by atoms with Gasteiger partial charge in [0.15, 0.2) is 0 Å². The topological polar surface area (TPSA) is 108 Å². The predicted octanol–water partition coefficient (Wildman–Crippen LogP) is 10.8. The van der Waals surface area contributed by atoms with Crippen LogP contribution in [0.4, 0.5) is 0 Å². The van der Waals surface area contributed by atoms with Crippen LogP contribution in [0.1, 0.15) is 142 Å². The number of quaternary nitrogens is 1. The highest BCUT2D eigenvalue weighted by molar-refractivity contribution is 7.45. The van der Waals surface area contributed by atoms with E-state index in [-0.39, 0.29) is 18.9 Å². The Bertz CT molecular complexity index is 1150. The van der Waals surface area contributed by atoms with Crippen LogP contribution in [0.3, 0.4) is 0 Å². The molecule has 310 valence electrons. The maximum absolute atomic E-state index is 12.8. The molecule has 0 bridgehead atoms. The summed E-state index contributed by atoms with van der Waals surface area (Å²) in [5.74, 6) is -0.285. The second kappa shape index (κ2) is 36.3. The van der Waals surface area contributed by atoms with Crippen molar-refractivity contribution in [1.82, 2.24) is 5.32 Å². The third-order valence-electron chi connectivity index (χ3n) is 8.62. The number of phosphoric ester groups is 1. The number of nitrogens with zero attached hydrogens (tertiary/aromatic N) is 1. The highest BCUT2D eigenvalue weighted by Gasteiger charge is 2.23. The number of aliphatic hydroxyl groups is 1. The number of hydrogen-bond donors (Lipinski definition) is 2. The van der Waals surface area contributed by atoms with Gasteiger partial charge in [0.05, 0.1) is 39.9 Å². The SMILES string of the molecule is CC/C=C\C/C=C\C/C=C\C/C=C\C/C=C\C/C=C\CCC(=O)N[C@@H](COP(=O)([O-])OCC[N+](C)(C)C)[C@H](O)/C=C/CCCCCCCCCCCCC. The first-order valence-electron chi connectivity index (χ1n) is 20.9. The van der Waals surface area contributed by atoms with Crippen LogP contribution in [0.2, 0.25) is 0 Å². The molecule has 0 fully saturated rings. The number of allylic oxidation sites excluding steroid dienone is 13. The molecule has 0 rings (SSSR count). The van der Waals surface area contributed by atoms with E-state index in [0.717, 1.165) is 57.8 Å². The third kappa shape index (κ3) is 38.0. The Hall–Kier alpha value is -2.32. The number of likely N-dealkylation sites (N-methyl/N-ethyl adjacent to an activating group) is 1. The summed E-state index contributed by atoms with van der Waals surface area (Å²) in [6.07, 6.45) is 49.2. The zero-order valence-electron chi connectivity index (χ0n) is 34.9. The number of carbonyl (C=O) groups is 1. The van der Waals surface area contributed by atoms with E-state index in [0.29, 0.717) is 17.4 Å². The molecule has 1 amide bonds. The molecule has 54 heavy (non-hydrogen) atoms. The average Bonchev–Trinajstić information content (AvgIpc) is 3.12. The van der Waals surface area contributed by atoms with Gasteiger partial charge < -0.3 is 28.8 Å². The summed E-state index contributed by atoms with van der Waals surface area (Å²) >= 11 is 0. The van der Waals surface area contributed by atoms with E-state index in [1.165, 1.54) is 57.8 Å². The van der Waals surface area contributed by atoms with Crippen molar-refractivity contribution in [3.8, 4) is 0 Å². The van der Waals surface area contributed by atoms with Gasteiger partial charge >= 0.3 is 0 Å². The fourth-order valence-corrected chi connectivity index (χ4v) is 6.01. The Morgan fingerprint density at radius 3 is 1.61 bits per heavy atom. The van der Waals surface area contributed by atoms with Gasteiger partial charge in [0.2, 0.25) is 5.91 Å². The van der Waals surface area contributed by atoms with Gasteiger partial charge in [-0.25, -0.2) is 0 Å². The minimum absolute atomic E-state index is 0.0192. The zero-order chi connectivity index (χ0) is 40.0. The van der Waals surface area contributed by atoms with Gasteiger partial charge in [-0.15, -0.1) is 0 Å². The van der Waals surface area contributed by atoms with Gasteiger partial charge in [-0.1, -0.05) is 163 Å². The van der Waals surface area contributed by atoms with Crippen molar-refractivity contribution in [3.63, 3.8) is 0 Å². The van der Waals surface area contributed by atoms with Crippen LogP contribution in [-0.4, -0.2) is 68.5 Å². The Kier molecular flexibility index (Phi) is 34.8. The van der Waals surface area contributed by atoms with Crippen molar-refractivity contribution >= 4 is 13.7 Å². The molecule has 0 saturated carbocycles. The molecule has 0 aromatic heterocycles. The lowest BCUT2D eigenvalue weighted by Gasteiger charge is -2.29. The molecule has 0 aliphatic carbocycles. The molecular formula is C45H79N2O6P. The van der Waals surface area contributed by atoms with Gasteiger partial charge in [0.25, 0.3) is 7.82 Å². The van der Waals surface area contributed by atoms with Crippen molar-refractivity contribution in [3.05, 3.63) is 85.1 Å². The molecule has 0 aromatic carbocycles. The highest BCUT2D eigenvalue weighted by Crippen LogP contribution is 2.38. The van der Waals surface area contributed by atoms with Crippen molar-refractivity contribution in [2.75, 3.05) is 40.9 Å². The number of aliphatic hydroxyl groups excluding tert-OH is 1. The van der Waals surface area contributed by atoms with Gasteiger partial charge in [-0.2, -0.15) is 0 Å². The van der Waals surface area contributed by atoms with Crippen LogP contribution >= 0.6 is 7.82 Å². The normalized spacial score (nSPS) is 15.3. The van der Waals surface area contributed by atoms with Crippen LogP contribution in [-0.2, 0) is 18.4 Å². The quantitative estimate of drug-likeness (QED) is 0.0284. The lowest BCUT2D eigenvalue weighted by Crippen LogP contribution is -2.45. The Morgan fingerprint density at radius 2 is 1.13 bits per heavy atom. The zero-order valence-corrected chi connectivity index (χ0v) is 35.8. The molecular weight excluding hydrogens is 695 g/mol. The first-order chi connectivity index (χ1) is 26.0. The van der Waals surface area contributed by atoms with Crippen LogP contribution in [0.15, 0.2) is 85.1 Å². The largest absolute Gasteiger partial charge is 0.756 e. The van der Waals surface area contributed by atoms with Gasteiger partial charge in [-0.3, -0.25) is 9.36 Å². The lowest BCUT2D eigenvalue weighted by molar-refractivity contribution is -0.870. The lowest BCUT2D eigenvalue weighted by atomic mass is 10.0. The van der Waals surface area contributed by atoms with E-state index in [1.54, 1.807) is 6.08 Å². The van der Waals surface area contributed by atoms with Crippen LogP contribution in [0, 0.1) is 0 Å². The molecule has 0 heterocycles. The molecule has 0 saturated heterocycles. The minimum Gasteiger partial charge on any atom is -0.756 e. The average molecular weight is 775 g/mol. The van der Waals surface area contributed by atoms with Crippen molar-refractivity contribution in [2.24, 2.45) is 0 Å². The number of rotatable bonds is 36. The van der Waals surface area contributed by atoms with E-state index in [9.17, 15) is 19.4 Å². The number of carbonyl (C=O) groups excluding carboxylic acids is 1. The smallest absolute Gasteiger partial charge is 0.268 e. The van der Waals surface area contributed by atoms with E-state index in [1.807, 2.05) is 39.4 Å². The molecule has 0 aromatic rings. The number of hydrogen-bond acceptors (Lipinski definition) is 6. The van der Waals surface area contributed by atoms with Crippen LogP contribution in [0.5, 0.6) is 0 Å². The van der Waals surface area contributed by atoms with E-state index >= 15 is 0 Å². The second-order valence-corrected chi connectivity index (χ2v) is 16.4. The first kappa shape index (κ1) is 51.7. The third-order valence-corrected chi connectivity index (χ3v) is 9.59. The van der Waals surface area contributed by atoms with Crippen molar-refractivity contribution in [1.29, 1.82) is 0 Å². The fraction of sp³-hybridized carbons (Fsp3) is 0.667. The summed E-state index contributed by atoms with van der Waals surface area (Å²) < 4.78 is 23.1. The molecule has 8 nitrogen and oxygen atoms in total. The molecule has 3 atom stereocenters. The maximum Gasteiger partial charge on any atom is 0.268 e. The van der Waals surface area contributed by atoms with Crippen LogP contribution in [0.25, 0.3) is 0 Å². The summed E-state index contributed by atoms with van der Waals surface area (Å²) in [6.45, 7) is 4.43.